The molecular weight excluding hydrogens is 332 g/mol. The van der Waals surface area contributed by atoms with Gasteiger partial charge in [0.2, 0.25) is 0 Å². The molecular formula is C16H16N2O3S2. The Bertz CT molecular complexity index is 909. The molecule has 0 radical (unpaired) electrons. The lowest BCUT2D eigenvalue weighted by Crippen LogP contribution is -2.11. The van der Waals surface area contributed by atoms with Crippen molar-refractivity contribution < 1.29 is 12.8 Å². The minimum atomic E-state index is -3.61. The second kappa shape index (κ2) is 6.17. The van der Waals surface area contributed by atoms with E-state index in [-0.39, 0.29) is 4.21 Å². The number of anilines is 1. The Balaban J connectivity index is 1.83. The number of aromatic nitrogens is 1. The van der Waals surface area contributed by atoms with Crippen molar-refractivity contribution in [3.8, 4) is 10.6 Å². The number of thiophene rings is 1. The van der Waals surface area contributed by atoms with Crippen LogP contribution < -0.4 is 4.72 Å². The van der Waals surface area contributed by atoms with Gasteiger partial charge in [-0.2, -0.15) is 0 Å². The van der Waals surface area contributed by atoms with Crippen LogP contribution in [0, 0.1) is 6.92 Å². The molecule has 1 N–H and O–H groups in total. The number of benzene rings is 1. The van der Waals surface area contributed by atoms with E-state index in [1.54, 1.807) is 37.4 Å². The summed E-state index contributed by atoms with van der Waals surface area (Å²) in [6.45, 7) is 3.80. The minimum absolute atomic E-state index is 0.237. The number of aryl methyl sites for hydroxylation is 2. The van der Waals surface area contributed by atoms with Crippen molar-refractivity contribution in [2.45, 2.75) is 24.5 Å². The molecule has 0 unspecified atom stereocenters. The summed E-state index contributed by atoms with van der Waals surface area (Å²) >= 11 is 1.15. The van der Waals surface area contributed by atoms with Crippen molar-refractivity contribution >= 4 is 27.0 Å². The van der Waals surface area contributed by atoms with Gasteiger partial charge in [-0.15, -0.1) is 11.3 Å². The van der Waals surface area contributed by atoms with Crippen molar-refractivity contribution in [2.75, 3.05) is 4.72 Å². The van der Waals surface area contributed by atoms with Crippen molar-refractivity contribution in [2.24, 2.45) is 0 Å². The number of rotatable bonds is 5. The third-order valence-corrected chi connectivity index (χ3v) is 6.30. The Kier molecular flexibility index (Phi) is 4.23. The molecule has 0 spiro atoms. The minimum Gasteiger partial charge on any atom is -0.440 e. The van der Waals surface area contributed by atoms with Gasteiger partial charge in [0.15, 0.2) is 11.7 Å². The van der Waals surface area contributed by atoms with Crippen LogP contribution in [0.15, 0.2) is 51.2 Å². The van der Waals surface area contributed by atoms with Gasteiger partial charge in [0.05, 0.1) is 11.1 Å². The van der Waals surface area contributed by atoms with Gasteiger partial charge in [-0.1, -0.05) is 19.1 Å². The second-order valence-electron chi connectivity index (χ2n) is 5.02. The lowest BCUT2D eigenvalue weighted by Gasteiger charge is -2.06. The van der Waals surface area contributed by atoms with E-state index in [2.05, 4.69) is 16.6 Å². The van der Waals surface area contributed by atoms with Crippen molar-refractivity contribution in [3.05, 3.63) is 54.0 Å². The molecule has 2 heterocycles. The summed E-state index contributed by atoms with van der Waals surface area (Å²) in [4.78, 5) is 4.75. The summed E-state index contributed by atoms with van der Waals surface area (Å²) in [5.41, 5.74) is 1.71. The molecule has 23 heavy (non-hydrogen) atoms. The zero-order valence-corrected chi connectivity index (χ0v) is 14.4. The van der Waals surface area contributed by atoms with Crippen LogP contribution in [0.4, 0.5) is 5.69 Å². The highest BCUT2D eigenvalue weighted by Crippen LogP contribution is 2.32. The monoisotopic (exact) mass is 348 g/mol. The third-order valence-electron chi connectivity index (χ3n) is 3.32. The zero-order valence-electron chi connectivity index (χ0n) is 12.7. The first-order valence-corrected chi connectivity index (χ1v) is 9.42. The van der Waals surface area contributed by atoms with E-state index in [1.165, 1.54) is 0 Å². The smallest absolute Gasteiger partial charge is 0.271 e. The van der Waals surface area contributed by atoms with Crippen LogP contribution >= 0.6 is 11.3 Å². The van der Waals surface area contributed by atoms with Crippen LogP contribution in [-0.4, -0.2) is 13.4 Å². The van der Waals surface area contributed by atoms with E-state index in [9.17, 15) is 8.42 Å². The van der Waals surface area contributed by atoms with Crippen LogP contribution in [0.5, 0.6) is 0 Å². The van der Waals surface area contributed by atoms with Crippen LogP contribution in [0.25, 0.3) is 10.6 Å². The Morgan fingerprint density at radius 1 is 1.17 bits per heavy atom. The molecule has 0 atom stereocenters. The van der Waals surface area contributed by atoms with Gasteiger partial charge in [0, 0.05) is 12.6 Å². The molecule has 0 bridgehead atoms. The highest BCUT2D eigenvalue weighted by molar-refractivity contribution is 7.94. The number of sulfonamides is 1. The van der Waals surface area contributed by atoms with Gasteiger partial charge in [-0.05, 0) is 36.2 Å². The Morgan fingerprint density at radius 2 is 1.91 bits per heavy atom. The molecule has 5 nitrogen and oxygen atoms in total. The Morgan fingerprint density at radius 3 is 2.52 bits per heavy atom. The average molecular weight is 348 g/mol. The fourth-order valence-corrected chi connectivity index (χ4v) is 4.40. The summed E-state index contributed by atoms with van der Waals surface area (Å²) in [6.07, 6.45) is 2.51. The molecule has 7 heteroatoms. The highest BCUT2D eigenvalue weighted by Gasteiger charge is 2.18. The first-order chi connectivity index (χ1) is 11.0. The van der Waals surface area contributed by atoms with Crippen LogP contribution in [-0.2, 0) is 16.4 Å². The molecule has 2 aromatic heterocycles. The van der Waals surface area contributed by atoms with Gasteiger partial charge in [-0.25, -0.2) is 13.4 Å². The Labute approximate surface area is 139 Å². The van der Waals surface area contributed by atoms with Gasteiger partial charge in [0.25, 0.3) is 10.0 Å². The van der Waals surface area contributed by atoms with Gasteiger partial charge in [0.1, 0.15) is 4.21 Å². The molecule has 3 aromatic rings. The molecule has 1 aromatic carbocycles. The maximum atomic E-state index is 12.5. The first kappa shape index (κ1) is 15.8. The lowest BCUT2D eigenvalue weighted by molar-refractivity contribution is 0.535. The van der Waals surface area contributed by atoms with Crippen LogP contribution in [0.1, 0.15) is 18.4 Å². The number of nitrogens with zero attached hydrogens (tertiary/aromatic N) is 1. The summed E-state index contributed by atoms with van der Waals surface area (Å²) in [7, 11) is -3.61. The van der Waals surface area contributed by atoms with E-state index in [1.807, 2.05) is 12.1 Å². The maximum Gasteiger partial charge on any atom is 0.271 e. The third kappa shape index (κ3) is 3.46. The van der Waals surface area contributed by atoms with E-state index in [4.69, 9.17) is 4.42 Å². The normalized spacial score (nSPS) is 11.6. The summed E-state index contributed by atoms with van der Waals surface area (Å²) in [5.74, 6) is 1.12. The highest BCUT2D eigenvalue weighted by atomic mass is 32.2. The topological polar surface area (TPSA) is 72.2 Å². The number of hydrogen-bond donors (Lipinski definition) is 1. The summed E-state index contributed by atoms with van der Waals surface area (Å²) in [5, 5.41) is 0. The molecule has 3 rings (SSSR count). The SMILES string of the molecule is CCc1ccc(NS(=O)(=O)c2ccc(-c3cnc(C)o3)s2)cc1. The molecule has 0 amide bonds. The zero-order chi connectivity index (χ0) is 16.4. The molecule has 0 aliphatic rings. The molecule has 120 valence electrons. The predicted octanol–water partition coefficient (Wildman–Crippen LogP) is 4.07. The maximum absolute atomic E-state index is 12.5. The van der Waals surface area contributed by atoms with E-state index in [0.717, 1.165) is 28.2 Å². The summed E-state index contributed by atoms with van der Waals surface area (Å²) < 4.78 is 33.2. The van der Waals surface area contributed by atoms with Crippen LogP contribution in [0.2, 0.25) is 0 Å². The van der Waals surface area contributed by atoms with Crippen LogP contribution in [0.3, 0.4) is 0 Å². The quantitative estimate of drug-likeness (QED) is 0.754. The first-order valence-electron chi connectivity index (χ1n) is 7.12. The number of oxazole rings is 1. The van der Waals surface area contributed by atoms with E-state index < -0.39 is 10.0 Å². The summed E-state index contributed by atoms with van der Waals surface area (Å²) in [6, 6.07) is 10.7. The second-order valence-corrected chi connectivity index (χ2v) is 8.01. The predicted molar refractivity (Wildman–Crippen MR) is 91.2 cm³/mol. The van der Waals surface area contributed by atoms with Gasteiger partial charge in [-0.3, -0.25) is 4.72 Å². The fraction of sp³-hybridized carbons (Fsp3) is 0.188. The van der Waals surface area contributed by atoms with Crippen molar-refractivity contribution in [3.63, 3.8) is 0 Å². The van der Waals surface area contributed by atoms with Gasteiger partial charge >= 0.3 is 0 Å². The lowest BCUT2D eigenvalue weighted by atomic mass is 10.2. The molecule has 0 aliphatic heterocycles. The largest absolute Gasteiger partial charge is 0.440 e. The molecule has 0 fully saturated rings. The molecule has 0 saturated heterocycles. The average Bonchev–Trinajstić information content (AvgIpc) is 3.16. The molecule has 0 saturated carbocycles. The van der Waals surface area contributed by atoms with Gasteiger partial charge < -0.3 is 4.42 Å². The Hall–Kier alpha value is -2.12. The van der Waals surface area contributed by atoms with Crippen molar-refractivity contribution in [1.82, 2.24) is 4.98 Å². The van der Waals surface area contributed by atoms with E-state index >= 15 is 0 Å². The van der Waals surface area contributed by atoms with E-state index in [0.29, 0.717) is 17.3 Å². The fourth-order valence-electron chi connectivity index (χ4n) is 2.09. The number of nitrogens with one attached hydrogen (secondary N) is 1. The number of hydrogen-bond acceptors (Lipinski definition) is 5. The standard InChI is InChI=1S/C16H16N2O3S2/c1-3-12-4-6-13(7-5-12)18-23(19,20)16-9-8-15(22-16)14-10-17-11(2)21-14/h4-10,18H,3H2,1-2H3. The molecule has 0 aliphatic carbocycles. The van der Waals surface area contributed by atoms with Crippen molar-refractivity contribution in [1.29, 1.82) is 0 Å².